The molecular weight excluding hydrogens is 354 g/mol. The molecule has 1 amide bonds. The van der Waals surface area contributed by atoms with Gasteiger partial charge in [0.2, 0.25) is 0 Å². The molecule has 2 aromatic rings. The molecule has 0 fully saturated rings. The Balaban J connectivity index is 1.83. The molecule has 1 atom stereocenters. The van der Waals surface area contributed by atoms with Crippen molar-refractivity contribution in [1.82, 2.24) is 5.32 Å². The van der Waals surface area contributed by atoms with Crippen molar-refractivity contribution in [3.8, 4) is 5.75 Å². The van der Waals surface area contributed by atoms with Crippen LogP contribution in [0.4, 0.5) is 10.5 Å². The number of nitrogens with two attached hydrogens (primary N) is 1. The Labute approximate surface area is 167 Å². The molecule has 0 aliphatic heterocycles. The fraction of sp³-hybridized carbons (Fsp3) is 0.409. The zero-order valence-electron chi connectivity index (χ0n) is 17.0. The van der Waals surface area contributed by atoms with Crippen molar-refractivity contribution >= 4 is 11.8 Å². The van der Waals surface area contributed by atoms with E-state index in [1.165, 1.54) is 5.69 Å². The van der Waals surface area contributed by atoms with E-state index in [0.29, 0.717) is 6.42 Å². The summed E-state index contributed by atoms with van der Waals surface area (Å²) in [5, 5.41) is 3.44. The summed E-state index contributed by atoms with van der Waals surface area (Å²) in [6.45, 7) is 7.51. The molecule has 2 rings (SSSR count). The number of aryl methyl sites for hydroxylation is 1. The molecule has 6 heteroatoms. The summed E-state index contributed by atoms with van der Waals surface area (Å²) in [5.74, 6) is 0.856. The van der Waals surface area contributed by atoms with Gasteiger partial charge in [-0.3, -0.25) is 0 Å². The zero-order chi connectivity index (χ0) is 20.4. The molecule has 0 saturated heterocycles. The van der Waals surface area contributed by atoms with Crippen LogP contribution in [-0.2, 0) is 4.74 Å². The number of hydrogen-bond acceptors (Lipinski definition) is 5. The molecule has 0 aliphatic rings. The van der Waals surface area contributed by atoms with E-state index < -0.39 is 6.09 Å². The topological polar surface area (TPSA) is 76.8 Å². The second-order valence-electron chi connectivity index (χ2n) is 6.60. The van der Waals surface area contributed by atoms with E-state index in [1.54, 1.807) is 7.11 Å². The Morgan fingerprint density at radius 3 is 2.46 bits per heavy atom. The minimum absolute atomic E-state index is 0.338. The van der Waals surface area contributed by atoms with Gasteiger partial charge in [0.05, 0.1) is 7.11 Å². The smallest absolute Gasteiger partial charge is 0.405 e. The number of likely N-dealkylation sites (N-methyl/N-ethyl adjacent to an activating group) is 1. The number of primary amides is 1. The number of methoxy groups -OCH3 is 1. The van der Waals surface area contributed by atoms with Crippen LogP contribution in [0.25, 0.3) is 0 Å². The minimum atomic E-state index is -0.745. The molecule has 0 aliphatic carbocycles. The number of carbonyl (C=O) groups is 1. The molecule has 3 N–H and O–H groups in total. The van der Waals surface area contributed by atoms with Crippen LogP contribution >= 0.6 is 0 Å². The summed E-state index contributed by atoms with van der Waals surface area (Å²) in [6.07, 6.45) is -0.414. The van der Waals surface area contributed by atoms with Crippen LogP contribution in [0.15, 0.2) is 48.5 Å². The Morgan fingerprint density at radius 2 is 1.86 bits per heavy atom. The minimum Gasteiger partial charge on any atom is -0.497 e. The number of rotatable bonds is 11. The lowest BCUT2D eigenvalue weighted by molar-refractivity contribution is 0.101. The Bertz CT molecular complexity index is 734. The predicted octanol–water partition coefficient (Wildman–Crippen LogP) is 3.65. The van der Waals surface area contributed by atoms with E-state index >= 15 is 0 Å². The lowest BCUT2D eigenvalue weighted by Gasteiger charge is -2.24. The standard InChI is InChI=1S/C22H31N3O3/c1-4-25(18-9-11-19(27-3)12-10-18)16-15-24-14-13-21(28-22(23)26)20-8-6-5-7-17(20)2/h5-12,21,24H,4,13-16H2,1-3H3,(H2,23,26). The van der Waals surface area contributed by atoms with Crippen LogP contribution in [0, 0.1) is 6.92 Å². The first-order valence-electron chi connectivity index (χ1n) is 9.66. The number of nitrogens with one attached hydrogen (secondary N) is 1. The highest BCUT2D eigenvalue weighted by molar-refractivity contribution is 5.65. The normalized spacial score (nSPS) is 11.7. The van der Waals surface area contributed by atoms with Crippen molar-refractivity contribution in [1.29, 1.82) is 0 Å². The predicted molar refractivity (Wildman–Crippen MR) is 113 cm³/mol. The fourth-order valence-corrected chi connectivity index (χ4v) is 3.20. The van der Waals surface area contributed by atoms with Gasteiger partial charge < -0.3 is 25.4 Å². The van der Waals surface area contributed by atoms with Crippen LogP contribution in [0.2, 0.25) is 0 Å². The van der Waals surface area contributed by atoms with E-state index in [2.05, 4.69) is 29.3 Å². The lowest BCUT2D eigenvalue weighted by Crippen LogP contribution is -2.33. The van der Waals surface area contributed by atoms with Crippen LogP contribution in [0.5, 0.6) is 5.75 Å². The van der Waals surface area contributed by atoms with Gasteiger partial charge in [0.1, 0.15) is 11.9 Å². The van der Waals surface area contributed by atoms with Crippen LogP contribution in [0.3, 0.4) is 0 Å². The second-order valence-corrected chi connectivity index (χ2v) is 6.60. The lowest BCUT2D eigenvalue weighted by atomic mass is 10.0. The molecule has 28 heavy (non-hydrogen) atoms. The summed E-state index contributed by atoms with van der Waals surface area (Å²) in [6, 6.07) is 16.0. The molecule has 0 heterocycles. The van der Waals surface area contributed by atoms with E-state index in [0.717, 1.165) is 43.1 Å². The molecule has 6 nitrogen and oxygen atoms in total. The molecule has 0 aromatic heterocycles. The molecule has 0 bridgehead atoms. The maximum atomic E-state index is 11.3. The van der Waals surface area contributed by atoms with Gasteiger partial charge in [-0.2, -0.15) is 0 Å². The molecule has 1 unspecified atom stereocenters. The van der Waals surface area contributed by atoms with Crippen LogP contribution < -0.4 is 20.7 Å². The van der Waals surface area contributed by atoms with Crippen molar-refractivity contribution < 1.29 is 14.3 Å². The Morgan fingerprint density at radius 1 is 1.14 bits per heavy atom. The van der Waals surface area contributed by atoms with Gasteiger partial charge in [0.25, 0.3) is 0 Å². The van der Waals surface area contributed by atoms with Crippen LogP contribution in [-0.4, -0.2) is 39.4 Å². The number of hydrogen-bond donors (Lipinski definition) is 2. The van der Waals surface area contributed by atoms with Gasteiger partial charge in [-0.15, -0.1) is 0 Å². The number of amides is 1. The first kappa shape index (κ1) is 21.6. The monoisotopic (exact) mass is 385 g/mol. The molecule has 0 spiro atoms. The highest BCUT2D eigenvalue weighted by atomic mass is 16.6. The molecule has 0 saturated carbocycles. The third kappa shape index (κ3) is 6.46. The maximum absolute atomic E-state index is 11.3. The largest absolute Gasteiger partial charge is 0.497 e. The van der Waals surface area contributed by atoms with Gasteiger partial charge in [-0.25, -0.2) is 4.79 Å². The summed E-state index contributed by atoms with van der Waals surface area (Å²) < 4.78 is 10.5. The van der Waals surface area contributed by atoms with Gasteiger partial charge >= 0.3 is 6.09 Å². The van der Waals surface area contributed by atoms with Crippen molar-refractivity contribution in [3.63, 3.8) is 0 Å². The van der Waals surface area contributed by atoms with E-state index in [-0.39, 0.29) is 6.10 Å². The number of ether oxygens (including phenoxy) is 2. The van der Waals surface area contributed by atoms with Crippen molar-refractivity contribution in [2.24, 2.45) is 5.73 Å². The van der Waals surface area contributed by atoms with E-state index in [1.807, 2.05) is 43.3 Å². The summed E-state index contributed by atoms with van der Waals surface area (Å²) in [7, 11) is 1.67. The Hall–Kier alpha value is -2.73. The third-order valence-electron chi connectivity index (χ3n) is 4.75. The van der Waals surface area contributed by atoms with Crippen molar-refractivity contribution in [3.05, 3.63) is 59.7 Å². The molecular formula is C22H31N3O3. The summed E-state index contributed by atoms with van der Waals surface area (Å²) >= 11 is 0. The first-order chi connectivity index (χ1) is 13.5. The fourth-order valence-electron chi connectivity index (χ4n) is 3.20. The zero-order valence-corrected chi connectivity index (χ0v) is 17.0. The van der Waals surface area contributed by atoms with E-state index in [9.17, 15) is 4.79 Å². The van der Waals surface area contributed by atoms with Crippen molar-refractivity contribution in [2.75, 3.05) is 38.2 Å². The quantitative estimate of drug-likeness (QED) is 0.578. The summed E-state index contributed by atoms with van der Waals surface area (Å²) in [4.78, 5) is 13.6. The number of anilines is 1. The second kappa shape index (κ2) is 11.2. The van der Waals surface area contributed by atoms with Gasteiger partial charge in [-0.05, 0) is 55.8 Å². The van der Waals surface area contributed by atoms with Gasteiger partial charge in [-0.1, -0.05) is 24.3 Å². The highest BCUT2D eigenvalue weighted by Crippen LogP contribution is 2.24. The van der Waals surface area contributed by atoms with Crippen LogP contribution in [0.1, 0.15) is 30.6 Å². The molecule has 0 radical (unpaired) electrons. The van der Waals surface area contributed by atoms with E-state index in [4.69, 9.17) is 15.2 Å². The first-order valence-corrected chi connectivity index (χ1v) is 9.66. The van der Waals surface area contributed by atoms with Crippen molar-refractivity contribution in [2.45, 2.75) is 26.4 Å². The molecule has 2 aromatic carbocycles. The van der Waals surface area contributed by atoms with Gasteiger partial charge in [0, 0.05) is 31.7 Å². The third-order valence-corrected chi connectivity index (χ3v) is 4.75. The highest BCUT2D eigenvalue weighted by Gasteiger charge is 2.16. The average molecular weight is 386 g/mol. The average Bonchev–Trinajstić information content (AvgIpc) is 2.70. The Kier molecular flexibility index (Phi) is 8.62. The maximum Gasteiger partial charge on any atom is 0.405 e. The summed E-state index contributed by atoms with van der Waals surface area (Å²) in [5.41, 5.74) is 8.51. The number of carbonyl (C=O) groups excluding carboxylic acids is 1. The molecule has 152 valence electrons. The van der Waals surface area contributed by atoms with Gasteiger partial charge in [0.15, 0.2) is 0 Å². The number of benzene rings is 2. The SMILES string of the molecule is CCN(CCNCCC(OC(N)=O)c1ccccc1C)c1ccc(OC)cc1. The number of nitrogens with zero attached hydrogens (tertiary/aromatic N) is 1.